The number of nitrogens with one attached hydrogen (secondary N) is 1. The lowest BCUT2D eigenvalue weighted by Gasteiger charge is -2.34. The minimum Gasteiger partial charge on any atom is -0.433 e. The summed E-state index contributed by atoms with van der Waals surface area (Å²) >= 11 is 0. The average molecular weight is 341 g/mol. The molecule has 3 N–H and O–H groups in total. The van der Waals surface area contributed by atoms with Crippen molar-refractivity contribution in [1.82, 2.24) is 4.90 Å². The molecule has 132 valence electrons. The van der Waals surface area contributed by atoms with Gasteiger partial charge < -0.3 is 15.8 Å². The zero-order chi connectivity index (χ0) is 17.7. The highest BCUT2D eigenvalue weighted by Gasteiger charge is 2.30. The predicted molar refractivity (Wildman–Crippen MR) is 84.7 cm³/mol. The van der Waals surface area contributed by atoms with Crippen LogP contribution in [0.25, 0.3) is 0 Å². The van der Waals surface area contributed by atoms with Crippen molar-refractivity contribution >= 4 is 17.5 Å². The minimum atomic E-state index is -2.97. The Bertz CT molecular complexity index is 598. The molecule has 2 atom stereocenters. The highest BCUT2D eigenvalue weighted by molar-refractivity contribution is 5.95. The number of amides is 2. The second-order valence-electron chi connectivity index (χ2n) is 5.78. The molecule has 0 spiro atoms. The van der Waals surface area contributed by atoms with E-state index in [1.165, 1.54) is 12.1 Å². The lowest BCUT2D eigenvalue weighted by atomic mass is 9.96. The summed E-state index contributed by atoms with van der Waals surface area (Å²) in [6.45, 7) is -0.180. The normalized spacial score (nSPS) is 19.8. The van der Waals surface area contributed by atoms with E-state index in [1.54, 1.807) is 19.1 Å². The van der Waals surface area contributed by atoms with Crippen LogP contribution in [-0.4, -0.2) is 42.5 Å². The van der Waals surface area contributed by atoms with Crippen LogP contribution in [0.3, 0.4) is 0 Å². The van der Waals surface area contributed by atoms with Crippen molar-refractivity contribution in [2.24, 2.45) is 11.7 Å². The Labute approximate surface area is 138 Å². The van der Waals surface area contributed by atoms with E-state index in [0.717, 1.165) is 6.42 Å². The van der Waals surface area contributed by atoms with E-state index >= 15 is 0 Å². The van der Waals surface area contributed by atoms with E-state index in [0.29, 0.717) is 19.5 Å². The molecule has 1 aromatic carbocycles. The first-order valence-corrected chi connectivity index (χ1v) is 7.76. The third kappa shape index (κ3) is 4.64. The Morgan fingerprint density at radius 1 is 1.38 bits per heavy atom. The van der Waals surface area contributed by atoms with Gasteiger partial charge in [-0.2, -0.15) is 8.78 Å². The summed E-state index contributed by atoms with van der Waals surface area (Å²) in [6, 6.07) is 5.48. The predicted octanol–water partition coefficient (Wildman–Crippen LogP) is 1.81. The van der Waals surface area contributed by atoms with Crippen LogP contribution < -0.4 is 15.8 Å². The number of rotatable bonds is 6. The monoisotopic (exact) mass is 341 g/mol. The quantitative estimate of drug-likeness (QED) is 0.826. The van der Waals surface area contributed by atoms with Crippen LogP contribution in [0.5, 0.6) is 5.75 Å². The molecule has 2 amide bonds. The van der Waals surface area contributed by atoms with Gasteiger partial charge in [-0.25, -0.2) is 0 Å². The fourth-order valence-corrected chi connectivity index (χ4v) is 2.76. The van der Waals surface area contributed by atoms with Crippen LogP contribution in [0.15, 0.2) is 24.3 Å². The highest BCUT2D eigenvalue weighted by Crippen LogP contribution is 2.26. The number of benzene rings is 1. The van der Waals surface area contributed by atoms with Crippen LogP contribution in [0, 0.1) is 5.92 Å². The number of anilines is 1. The van der Waals surface area contributed by atoms with Gasteiger partial charge in [0.05, 0.1) is 17.6 Å². The minimum absolute atomic E-state index is 0.0956. The number of piperidine rings is 1. The number of ether oxygens (including phenoxy) is 1. The molecule has 2 rings (SSSR count). The first-order valence-electron chi connectivity index (χ1n) is 7.76. The Morgan fingerprint density at radius 2 is 2.08 bits per heavy atom. The molecule has 0 radical (unpaired) electrons. The molecule has 1 fully saturated rings. The second-order valence-corrected chi connectivity index (χ2v) is 5.78. The summed E-state index contributed by atoms with van der Waals surface area (Å²) in [7, 11) is 0. The average Bonchev–Trinajstić information content (AvgIpc) is 2.55. The molecule has 0 aromatic heterocycles. The van der Waals surface area contributed by atoms with Gasteiger partial charge in [-0.3, -0.25) is 14.5 Å². The van der Waals surface area contributed by atoms with E-state index in [9.17, 15) is 18.4 Å². The molecule has 0 bridgehead atoms. The molecule has 8 heteroatoms. The highest BCUT2D eigenvalue weighted by atomic mass is 19.3. The van der Waals surface area contributed by atoms with E-state index in [4.69, 9.17) is 5.73 Å². The summed E-state index contributed by atoms with van der Waals surface area (Å²) in [5, 5.41) is 2.60. The van der Waals surface area contributed by atoms with Crippen molar-refractivity contribution in [3.8, 4) is 5.75 Å². The van der Waals surface area contributed by atoms with Crippen molar-refractivity contribution in [1.29, 1.82) is 0 Å². The maximum absolute atomic E-state index is 12.4. The molecule has 0 aliphatic carbocycles. The van der Waals surface area contributed by atoms with Crippen molar-refractivity contribution in [3.05, 3.63) is 24.3 Å². The SMILES string of the molecule is C[C@@H](C(=O)Nc1ccccc1OC(F)F)N1CCC[C@H](C(N)=O)C1. The summed E-state index contributed by atoms with van der Waals surface area (Å²) in [5.41, 5.74) is 5.52. The van der Waals surface area contributed by atoms with Gasteiger partial charge >= 0.3 is 6.61 Å². The Morgan fingerprint density at radius 3 is 2.75 bits per heavy atom. The first kappa shape index (κ1) is 18.1. The van der Waals surface area contributed by atoms with Gasteiger partial charge in [0.15, 0.2) is 0 Å². The molecule has 1 heterocycles. The molecule has 6 nitrogen and oxygen atoms in total. The van der Waals surface area contributed by atoms with E-state index in [2.05, 4.69) is 10.1 Å². The van der Waals surface area contributed by atoms with E-state index in [1.807, 2.05) is 4.90 Å². The van der Waals surface area contributed by atoms with Gasteiger partial charge in [-0.15, -0.1) is 0 Å². The Kier molecular flexibility index (Phi) is 6.08. The number of nitrogens with two attached hydrogens (primary N) is 1. The first-order chi connectivity index (χ1) is 11.4. The van der Waals surface area contributed by atoms with Crippen LogP contribution in [0.4, 0.5) is 14.5 Å². The number of para-hydroxylation sites is 2. The van der Waals surface area contributed by atoms with E-state index in [-0.39, 0.29) is 29.2 Å². The molecular formula is C16H21F2N3O3. The number of halogens is 2. The smallest absolute Gasteiger partial charge is 0.387 e. The van der Waals surface area contributed by atoms with Crippen molar-refractivity contribution in [2.45, 2.75) is 32.4 Å². The molecule has 0 saturated carbocycles. The fourth-order valence-electron chi connectivity index (χ4n) is 2.76. The van der Waals surface area contributed by atoms with Gasteiger partial charge in [0.2, 0.25) is 11.8 Å². The molecule has 0 unspecified atom stereocenters. The van der Waals surface area contributed by atoms with Crippen LogP contribution in [-0.2, 0) is 9.59 Å². The molecule has 24 heavy (non-hydrogen) atoms. The van der Waals surface area contributed by atoms with Crippen LogP contribution in [0.1, 0.15) is 19.8 Å². The maximum atomic E-state index is 12.4. The summed E-state index contributed by atoms with van der Waals surface area (Å²) < 4.78 is 29.2. The Balaban J connectivity index is 2.03. The number of carbonyl (C=O) groups is 2. The molecule has 1 saturated heterocycles. The summed E-state index contributed by atoms with van der Waals surface area (Å²) in [4.78, 5) is 25.6. The summed E-state index contributed by atoms with van der Waals surface area (Å²) in [5.74, 6) is -1.10. The Hall–Kier alpha value is -2.22. The summed E-state index contributed by atoms with van der Waals surface area (Å²) in [6.07, 6.45) is 1.49. The third-order valence-electron chi connectivity index (χ3n) is 4.14. The van der Waals surface area contributed by atoms with Gasteiger partial charge in [0.25, 0.3) is 0 Å². The molecule has 1 aromatic rings. The van der Waals surface area contributed by atoms with Crippen LogP contribution in [0.2, 0.25) is 0 Å². The van der Waals surface area contributed by atoms with Gasteiger partial charge in [0, 0.05) is 6.54 Å². The lowest BCUT2D eigenvalue weighted by molar-refractivity contribution is -0.127. The number of hydrogen-bond donors (Lipinski definition) is 2. The van der Waals surface area contributed by atoms with Crippen molar-refractivity contribution in [2.75, 3.05) is 18.4 Å². The lowest BCUT2D eigenvalue weighted by Crippen LogP contribution is -2.49. The standard InChI is InChI=1S/C16H21F2N3O3/c1-10(21-8-4-5-11(9-21)14(19)22)15(23)20-12-6-2-3-7-13(12)24-16(17)18/h2-3,6-7,10-11,16H,4-5,8-9H2,1H3,(H2,19,22)(H,20,23)/t10-,11-/m0/s1. The maximum Gasteiger partial charge on any atom is 0.387 e. The molecule has 1 aliphatic heterocycles. The number of nitrogens with zero attached hydrogens (tertiary/aromatic N) is 1. The van der Waals surface area contributed by atoms with Gasteiger partial charge in [-0.1, -0.05) is 12.1 Å². The molecule has 1 aliphatic rings. The number of primary amides is 1. The van der Waals surface area contributed by atoms with Crippen molar-refractivity contribution in [3.63, 3.8) is 0 Å². The number of hydrogen-bond acceptors (Lipinski definition) is 4. The largest absolute Gasteiger partial charge is 0.433 e. The van der Waals surface area contributed by atoms with E-state index < -0.39 is 12.7 Å². The number of carbonyl (C=O) groups excluding carboxylic acids is 2. The zero-order valence-corrected chi connectivity index (χ0v) is 13.4. The second kappa shape index (κ2) is 8.05. The molecular weight excluding hydrogens is 320 g/mol. The zero-order valence-electron chi connectivity index (χ0n) is 13.4. The number of likely N-dealkylation sites (tertiary alicyclic amines) is 1. The van der Waals surface area contributed by atoms with Crippen LogP contribution >= 0.6 is 0 Å². The van der Waals surface area contributed by atoms with Crippen molar-refractivity contribution < 1.29 is 23.1 Å². The van der Waals surface area contributed by atoms with Gasteiger partial charge in [-0.05, 0) is 38.4 Å². The topological polar surface area (TPSA) is 84.7 Å². The fraction of sp³-hybridized carbons (Fsp3) is 0.500. The third-order valence-corrected chi connectivity index (χ3v) is 4.14. The van der Waals surface area contributed by atoms with Gasteiger partial charge in [0.1, 0.15) is 5.75 Å². The number of alkyl halides is 2.